The molecule has 0 aromatic heterocycles. The topological polar surface area (TPSA) is 43.4 Å². The van der Waals surface area contributed by atoms with Crippen LogP contribution in [0.3, 0.4) is 0 Å². The van der Waals surface area contributed by atoms with Crippen LogP contribution in [0, 0.1) is 0 Å². The lowest BCUT2D eigenvalue weighted by atomic mass is 10.2. The first-order valence-electron chi connectivity index (χ1n) is 4.68. The van der Waals surface area contributed by atoms with Gasteiger partial charge in [0.25, 0.3) is 0 Å². The summed E-state index contributed by atoms with van der Waals surface area (Å²) in [6, 6.07) is 3.85. The highest BCUT2D eigenvalue weighted by atomic mass is 79.9. The molecule has 0 atom stereocenters. The Morgan fingerprint density at radius 1 is 1.24 bits per heavy atom. The van der Waals surface area contributed by atoms with E-state index in [1.54, 1.807) is 0 Å². The van der Waals surface area contributed by atoms with Crippen molar-refractivity contribution >= 4 is 57.6 Å². The van der Waals surface area contributed by atoms with Crippen molar-refractivity contribution in [3.05, 3.63) is 26.6 Å². The minimum absolute atomic E-state index is 0.00603. The third kappa shape index (κ3) is 5.28. The van der Waals surface area contributed by atoms with Crippen LogP contribution >= 0.6 is 47.8 Å². The predicted molar refractivity (Wildman–Crippen MR) is 79.7 cm³/mol. The van der Waals surface area contributed by atoms with Gasteiger partial charge in [0.05, 0.1) is 14.7 Å². The first-order chi connectivity index (χ1) is 7.83. The summed E-state index contributed by atoms with van der Waals surface area (Å²) in [5, 5.41) is 0.744. The fraction of sp³-hybridized carbons (Fsp3) is 0.400. The summed E-state index contributed by atoms with van der Waals surface area (Å²) in [5.41, 5.74) is 1.10. The van der Waals surface area contributed by atoms with E-state index in [-0.39, 0.29) is 12.4 Å². The Hall–Kier alpha value is 0.410. The van der Waals surface area contributed by atoms with E-state index in [9.17, 15) is 8.42 Å². The van der Waals surface area contributed by atoms with Gasteiger partial charge in [0.2, 0.25) is 0 Å². The molecule has 0 unspecified atom stereocenters. The van der Waals surface area contributed by atoms with Gasteiger partial charge in [-0.2, -0.15) is 0 Å². The first kappa shape index (κ1) is 15.5. The van der Waals surface area contributed by atoms with E-state index >= 15 is 0 Å². The Balaban J connectivity index is 2.78. The fourth-order valence-electron chi connectivity index (χ4n) is 1.12. The van der Waals surface area contributed by atoms with Crippen molar-refractivity contribution in [2.75, 3.05) is 18.6 Å². The lowest BCUT2D eigenvalue weighted by Gasteiger charge is -2.11. The van der Waals surface area contributed by atoms with Crippen molar-refractivity contribution in [2.45, 2.75) is 5.33 Å². The highest BCUT2D eigenvalue weighted by Gasteiger charge is 2.10. The number of alkyl halides is 1. The average molecular weight is 451 g/mol. The molecule has 17 heavy (non-hydrogen) atoms. The normalized spacial score (nSPS) is 11.5. The minimum atomic E-state index is -3.00. The Bertz CT molecular complexity index is 477. The van der Waals surface area contributed by atoms with Crippen molar-refractivity contribution in [1.82, 2.24) is 0 Å². The number of benzene rings is 1. The molecule has 1 aromatic rings. The van der Waals surface area contributed by atoms with E-state index in [2.05, 4.69) is 47.8 Å². The molecule has 1 rings (SSSR count). The molecule has 0 aliphatic carbocycles. The summed E-state index contributed by atoms with van der Waals surface area (Å²) in [4.78, 5) is 0. The summed E-state index contributed by atoms with van der Waals surface area (Å²) in [6.45, 7) is 0.143. The Morgan fingerprint density at radius 3 is 2.18 bits per heavy atom. The van der Waals surface area contributed by atoms with Gasteiger partial charge in [-0.3, -0.25) is 0 Å². The Kier molecular flexibility index (Phi) is 5.95. The number of rotatable bonds is 5. The molecular weight excluding hydrogens is 440 g/mol. The molecule has 0 bridgehead atoms. The van der Waals surface area contributed by atoms with Gasteiger partial charge in [-0.15, -0.1) is 0 Å². The van der Waals surface area contributed by atoms with Gasteiger partial charge in [-0.05, 0) is 49.6 Å². The smallest absolute Gasteiger partial charge is 0.150 e. The molecule has 0 spiro atoms. The Morgan fingerprint density at radius 2 is 1.76 bits per heavy atom. The largest absolute Gasteiger partial charge is 0.490 e. The molecule has 3 nitrogen and oxygen atoms in total. The van der Waals surface area contributed by atoms with Crippen molar-refractivity contribution in [3.8, 4) is 5.75 Å². The summed E-state index contributed by atoms with van der Waals surface area (Å²) in [6.07, 6.45) is 1.19. The summed E-state index contributed by atoms with van der Waals surface area (Å²) in [7, 11) is -3.00. The molecule has 0 heterocycles. The van der Waals surface area contributed by atoms with Crippen molar-refractivity contribution in [3.63, 3.8) is 0 Å². The van der Waals surface area contributed by atoms with E-state index in [1.807, 2.05) is 12.1 Å². The van der Waals surface area contributed by atoms with Crippen LogP contribution in [0.25, 0.3) is 0 Å². The summed E-state index contributed by atoms with van der Waals surface area (Å²) in [5.74, 6) is 0.629. The maximum absolute atomic E-state index is 11.0. The minimum Gasteiger partial charge on any atom is -0.490 e. The quantitative estimate of drug-likeness (QED) is 0.644. The van der Waals surface area contributed by atoms with E-state index in [1.165, 1.54) is 6.26 Å². The number of sulfone groups is 1. The van der Waals surface area contributed by atoms with Crippen LogP contribution < -0.4 is 4.74 Å². The van der Waals surface area contributed by atoms with E-state index in [4.69, 9.17) is 4.74 Å². The molecule has 0 aliphatic rings. The van der Waals surface area contributed by atoms with Crippen LogP contribution in [0.4, 0.5) is 0 Å². The average Bonchev–Trinajstić information content (AvgIpc) is 2.20. The standard InChI is InChI=1S/C10H11Br3O3S/c1-17(14,15)3-2-16-10-8(12)4-7(6-11)5-9(10)13/h4-5H,2-3,6H2,1H3. The highest BCUT2D eigenvalue weighted by Crippen LogP contribution is 2.35. The molecule has 1 aromatic carbocycles. The highest BCUT2D eigenvalue weighted by molar-refractivity contribution is 9.11. The first-order valence-corrected chi connectivity index (χ1v) is 9.44. The summed E-state index contributed by atoms with van der Waals surface area (Å²) >= 11 is 10.2. The lowest BCUT2D eigenvalue weighted by Crippen LogP contribution is -2.12. The van der Waals surface area contributed by atoms with Gasteiger partial charge in [0.15, 0.2) is 9.84 Å². The second-order valence-corrected chi connectivity index (χ2v) is 8.03. The van der Waals surface area contributed by atoms with E-state index in [0.717, 1.165) is 19.8 Å². The molecule has 0 aliphatic heterocycles. The molecule has 0 saturated heterocycles. The van der Waals surface area contributed by atoms with Gasteiger partial charge in [0.1, 0.15) is 12.4 Å². The van der Waals surface area contributed by atoms with Crippen molar-refractivity contribution in [1.29, 1.82) is 0 Å². The third-order valence-electron chi connectivity index (χ3n) is 1.91. The van der Waals surface area contributed by atoms with Gasteiger partial charge in [-0.25, -0.2) is 8.42 Å². The SMILES string of the molecule is CS(=O)(=O)CCOc1c(Br)cc(CBr)cc1Br. The van der Waals surface area contributed by atoms with Gasteiger partial charge in [0, 0.05) is 11.6 Å². The molecule has 7 heteroatoms. The zero-order chi connectivity index (χ0) is 13.1. The lowest BCUT2D eigenvalue weighted by molar-refractivity contribution is 0.337. The third-order valence-corrected chi connectivity index (χ3v) is 4.65. The zero-order valence-electron chi connectivity index (χ0n) is 9.04. The second kappa shape index (κ2) is 6.54. The van der Waals surface area contributed by atoms with Crippen LogP contribution in [0.1, 0.15) is 5.56 Å². The van der Waals surface area contributed by atoms with Crippen LogP contribution in [0.15, 0.2) is 21.1 Å². The number of hydrogen-bond acceptors (Lipinski definition) is 3. The van der Waals surface area contributed by atoms with Gasteiger partial charge >= 0.3 is 0 Å². The van der Waals surface area contributed by atoms with Gasteiger partial charge in [-0.1, -0.05) is 15.9 Å². The molecule has 0 fully saturated rings. The zero-order valence-corrected chi connectivity index (χ0v) is 14.6. The van der Waals surface area contributed by atoms with Crippen molar-refractivity contribution in [2.24, 2.45) is 0 Å². The molecule has 0 saturated carbocycles. The fourth-order valence-corrected chi connectivity index (χ4v) is 3.34. The molecule has 96 valence electrons. The van der Waals surface area contributed by atoms with Crippen LogP contribution in [0.5, 0.6) is 5.75 Å². The van der Waals surface area contributed by atoms with Crippen LogP contribution in [0.2, 0.25) is 0 Å². The molecule has 0 radical (unpaired) electrons. The van der Waals surface area contributed by atoms with Gasteiger partial charge < -0.3 is 4.74 Å². The number of ether oxygens (including phenoxy) is 1. The predicted octanol–water partition coefficient (Wildman–Crippen LogP) is 3.53. The maximum Gasteiger partial charge on any atom is 0.150 e. The monoisotopic (exact) mass is 448 g/mol. The molecule has 0 N–H and O–H groups in total. The maximum atomic E-state index is 11.0. The van der Waals surface area contributed by atoms with Crippen LogP contribution in [-0.2, 0) is 15.2 Å². The molecule has 0 amide bonds. The Labute approximate surface area is 126 Å². The van der Waals surface area contributed by atoms with E-state index < -0.39 is 9.84 Å². The van der Waals surface area contributed by atoms with E-state index in [0.29, 0.717) is 5.75 Å². The molecular formula is C10H11Br3O3S. The van der Waals surface area contributed by atoms with Crippen LogP contribution in [-0.4, -0.2) is 27.0 Å². The second-order valence-electron chi connectivity index (χ2n) is 3.50. The van der Waals surface area contributed by atoms with Crippen molar-refractivity contribution < 1.29 is 13.2 Å². The number of halogens is 3. The number of hydrogen-bond donors (Lipinski definition) is 0. The summed E-state index contributed by atoms with van der Waals surface area (Å²) < 4.78 is 29.0.